The van der Waals surface area contributed by atoms with Crippen molar-refractivity contribution in [2.24, 2.45) is 5.41 Å². The fourth-order valence-corrected chi connectivity index (χ4v) is 2.65. The molecule has 1 N–H and O–H groups in total. The van der Waals surface area contributed by atoms with Gasteiger partial charge < -0.3 is 9.52 Å². The summed E-state index contributed by atoms with van der Waals surface area (Å²) in [7, 11) is 0. The van der Waals surface area contributed by atoms with E-state index in [0.29, 0.717) is 0 Å². The van der Waals surface area contributed by atoms with Crippen LogP contribution in [0.3, 0.4) is 0 Å². The Labute approximate surface area is 127 Å². The molecule has 3 nitrogen and oxygen atoms in total. The number of hydrogen-bond donors (Lipinski definition) is 1. The molecule has 2 aromatic rings. The maximum absolute atomic E-state index is 10.7. The molecule has 0 amide bonds. The Balaban J connectivity index is 2.04. The van der Waals surface area contributed by atoms with Gasteiger partial charge in [-0.15, -0.1) is 0 Å². The molecule has 0 radical (unpaired) electrons. The molecule has 0 spiro atoms. The highest BCUT2D eigenvalue weighted by atomic mass is 16.3. The van der Waals surface area contributed by atoms with Crippen LogP contribution in [0.25, 0.3) is 0 Å². The molecule has 1 unspecified atom stereocenters. The predicted molar refractivity (Wildman–Crippen MR) is 84.8 cm³/mol. The van der Waals surface area contributed by atoms with Gasteiger partial charge in [0.2, 0.25) is 0 Å². The van der Waals surface area contributed by atoms with Crippen LogP contribution in [0, 0.1) is 5.41 Å². The largest absolute Gasteiger partial charge is 0.468 e. The topological polar surface area (TPSA) is 36.6 Å². The summed E-state index contributed by atoms with van der Waals surface area (Å²) in [6, 6.07) is 13.8. The Morgan fingerprint density at radius 1 is 1.14 bits per heavy atom. The van der Waals surface area contributed by atoms with Crippen molar-refractivity contribution in [1.82, 2.24) is 4.90 Å². The van der Waals surface area contributed by atoms with Gasteiger partial charge in [-0.3, -0.25) is 4.90 Å². The molecule has 0 aliphatic rings. The van der Waals surface area contributed by atoms with E-state index in [1.807, 2.05) is 42.5 Å². The number of hydrogen-bond acceptors (Lipinski definition) is 3. The SMILES string of the molecule is CCN(Cc1ccco1)CC(C)(C)C(O)c1ccccc1. The van der Waals surface area contributed by atoms with Crippen molar-refractivity contribution < 1.29 is 9.52 Å². The first-order valence-electron chi connectivity index (χ1n) is 7.50. The van der Waals surface area contributed by atoms with E-state index in [1.165, 1.54) is 0 Å². The third kappa shape index (κ3) is 4.19. The van der Waals surface area contributed by atoms with Crippen molar-refractivity contribution in [3.63, 3.8) is 0 Å². The zero-order chi connectivity index (χ0) is 15.3. The second-order valence-electron chi connectivity index (χ2n) is 6.18. The van der Waals surface area contributed by atoms with Crippen LogP contribution < -0.4 is 0 Å². The van der Waals surface area contributed by atoms with E-state index in [9.17, 15) is 5.11 Å². The van der Waals surface area contributed by atoms with Crippen LogP contribution in [0.2, 0.25) is 0 Å². The molecule has 0 saturated carbocycles. The summed E-state index contributed by atoms with van der Waals surface area (Å²) in [5.74, 6) is 0.960. The summed E-state index contributed by atoms with van der Waals surface area (Å²) in [4.78, 5) is 2.30. The molecule has 1 heterocycles. The Bertz CT molecular complexity index is 519. The number of aliphatic hydroxyl groups excluding tert-OH is 1. The molecule has 1 aromatic heterocycles. The van der Waals surface area contributed by atoms with E-state index in [4.69, 9.17) is 4.42 Å². The monoisotopic (exact) mass is 287 g/mol. The molecule has 0 saturated heterocycles. The third-order valence-electron chi connectivity index (χ3n) is 3.89. The van der Waals surface area contributed by atoms with E-state index < -0.39 is 6.10 Å². The fraction of sp³-hybridized carbons (Fsp3) is 0.444. The lowest BCUT2D eigenvalue weighted by Gasteiger charge is -2.35. The Morgan fingerprint density at radius 2 is 1.86 bits per heavy atom. The van der Waals surface area contributed by atoms with E-state index in [-0.39, 0.29) is 5.41 Å². The van der Waals surface area contributed by atoms with Gasteiger partial charge in [-0.1, -0.05) is 51.1 Å². The third-order valence-corrected chi connectivity index (χ3v) is 3.89. The summed E-state index contributed by atoms with van der Waals surface area (Å²) in [6.07, 6.45) is 1.22. The van der Waals surface area contributed by atoms with Crippen molar-refractivity contribution in [2.45, 2.75) is 33.4 Å². The normalized spacial score (nSPS) is 13.6. The molecular weight excluding hydrogens is 262 g/mol. The van der Waals surface area contributed by atoms with E-state index in [0.717, 1.165) is 31.0 Å². The first-order valence-corrected chi connectivity index (χ1v) is 7.50. The van der Waals surface area contributed by atoms with Crippen LogP contribution in [0.15, 0.2) is 53.1 Å². The van der Waals surface area contributed by atoms with E-state index >= 15 is 0 Å². The van der Waals surface area contributed by atoms with Gasteiger partial charge in [0.15, 0.2) is 0 Å². The summed E-state index contributed by atoms with van der Waals surface area (Å²) >= 11 is 0. The van der Waals surface area contributed by atoms with Crippen molar-refractivity contribution in [2.75, 3.05) is 13.1 Å². The van der Waals surface area contributed by atoms with Gasteiger partial charge in [0.1, 0.15) is 5.76 Å². The van der Waals surface area contributed by atoms with Gasteiger partial charge in [0.25, 0.3) is 0 Å². The average Bonchev–Trinajstić information content (AvgIpc) is 2.99. The Kier molecular flexibility index (Phi) is 5.21. The number of furan rings is 1. The molecule has 114 valence electrons. The molecule has 0 aliphatic carbocycles. The molecule has 0 fully saturated rings. The van der Waals surface area contributed by atoms with Gasteiger partial charge in [0.05, 0.1) is 18.9 Å². The zero-order valence-electron chi connectivity index (χ0n) is 13.1. The summed E-state index contributed by atoms with van der Waals surface area (Å²) in [5.41, 5.74) is 0.737. The van der Waals surface area contributed by atoms with Crippen LogP contribution in [0.1, 0.15) is 38.2 Å². The van der Waals surface area contributed by atoms with Crippen LogP contribution in [-0.4, -0.2) is 23.1 Å². The minimum Gasteiger partial charge on any atom is -0.468 e. The van der Waals surface area contributed by atoms with Crippen molar-refractivity contribution in [3.05, 3.63) is 60.1 Å². The van der Waals surface area contributed by atoms with E-state index in [1.54, 1.807) is 6.26 Å². The smallest absolute Gasteiger partial charge is 0.117 e. The first kappa shape index (κ1) is 15.8. The summed E-state index contributed by atoms with van der Waals surface area (Å²) in [6.45, 7) is 8.85. The lowest BCUT2D eigenvalue weighted by Crippen LogP contribution is -2.37. The highest BCUT2D eigenvalue weighted by molar-refractivity contribution is 5.19. The minimum absolute atomic E-state index is 0.232. The molecule has 2 rings (SSSR count). The molecule has 0 aliphatic heterocycles. The lowest BCUT2D eigenvalue weighted by molar-refractivity contribution is 0.0180. The minimum atomic E-state index is -0.482. The average molecular weight is 287 g/mol. The first-order chi connectivity index (χ1) is 10.0. The molecule has 1 atom stereocenters. The Morgan fingerprint density at radius 3 is 2.43 bits per heavy atom. The Hall–Kier alpha value is -1.58. The number of aliphatic hydroxyl groups is 1. The quantitative estimate of drug-likeness (QED) is 0.840. The molecule has 3 heteroatoms. The second-order valence-corrected chi connectivity index (χ2v) is 6.18. The molecule has 0 bridgehead atoms. The van der Waals surface area contributed by atoms with Crippen LogP contribution in [0.5, 0.6) is 0 Å². The highest BCUT2D eigenvalue weighted by Gasteiger charge is 2.31. The van der Waals surface area contributed by atoms with Gasteiger partial charge in [0, 0.05) is 12.0 Å². The standard InChI is InChI=1S/C18H25NO2/c1-4-19(13-16-11-8-12-21-16)14-18(2,3)17(20)15-9-6-5-7-10-15/h5-12,17,20H,4,13-14H2,1-3H3. The highest BCUT2D eigenvalue weighted by Crippen LogP contribution is 2.34. The maximum atomic E-state index is 10.7. The summed E-state index contributed by atoms with van der Waals surface area (Å²) < 4.78 is 5.42. The van der Waals surface area contributed by atoms with Crippen LogP contribution >= 0.6 is 0 Å². The molecule has 21 heavy (non-hydrogen) atoms. The van der Waals surface area contributed by atoms with Crippen LogP contribution in [-0.2, 0) is 6.54 Å². The van der Waals surface area contributed by atoms with Gasteiger partial charge in [-0.2, -0.15) is 0 Å². The second kappa shape index (κ2) is 6.92. The van der Waals surface area contributed by atoms with Gasteiger partial charge in [-0.25, -0.2) is 0 Å². The van der Waals surface area contributed by atoms with Crippen molar-refractivity contribution >= 4 is 0 Å². The lowest BCUT2D eigenvalue weighted by atomic mass is 9.82. The summed E-state index contributed by atoms with van der Waals surface area (Å²) in [5, 5.41) is 10.7. The van der Waals surface area contributed by atoms with Gasteiger partial charge in [-0.05, 0) is 24.2 Å². The molecule has 1 aromatic carbocycles. The van der Waals surface area contributed by atoms with Gasteiger partial charge >= 0.3 is 0 Å². The fourth-order valence-electron chi connectivity index (χ4n) is 2.65. The maximum Gasteiger partial charge on any atom is 0.117 e. The number of benzene rings is 1. The number of rotatable bonds is 7. The van der Waals surface area contributed by atoms with Crippen molar-refractivity contribution in [3.8, 4) is 0 Å². The zero-order valence-corrected chi connectivity index (χ0v) is 13.1. The predicted octanol–water partition coefficient (Wildman–Crippen LogP) is 3.86. The number of nitrogens with zero attached hydrogens (tertiary/aromatic N) is 1. The van der Waals surface area contributed by atoms with E-state index in [2.05, 4.69) is 25.7 Å². The molecular formula is C18H25NO2. The van der Waals surface area contributed by atoms with Crippen LogP contribution in [0.4, 0.5) is 0 Å². The van der Waals surface area contributed by atoms with Crippen molar-refractivity contribution in [1.29, 1.82) is 0 Å².